The normalized spacial score (nSPS) is 13.8. The van der Waals surface area contributed by atoms with E-state index in [1.54, 1.807) is 44.6 Å². The molecule has 1 aliphatic heterocycles. The molecule has 0 aromatic heterocycles. The van der Waals surface area contributed by atoms with E-state index in [9.17, 15) is 4.79 Å². The highest BCUT2D eigenvalue weighted by molar-refractivity contribution is 6.17. The van der Waals surface area contributed by atoms with Crippen LogP contribution in [0.25, 0.3) is 6.08 Å². The maximum absolute atomic E-state index is 12.9. The quantitative estimate of drug-likeness (QED) is 0.720. The van der Waals surface area contributed by atoms with E-state index >= 15 is 0 Å². The average molecular weight is 372 g/mol. The molecule has 0 fully saturated rings. The smallest absolute Gasteiger partial charge is 0.235 e. The van der Waals surface area contributed by atoms with Crippen LogP contribution in [-0.4, -0.2) is 41.3 Å². The summed E-state index contributed by atoms with van der Waals surface area (Å²) < 4.78 is 32.3. The summed E-state index contributed by atoms with van der Waals surface area (Å²) in [4.78, 5) is 12.9. The van der Waals surface area contributed by atoms with E-state index in [4.69, 9.17) is 28.4 Å². The molecule has 0 bridgehead atoms. The predicted molar refractivity (Wildman–Crippen MR) is 98.6 cm³/mol. The van der Waals surface area contributed by atoms with Gasteiger partial charge in [0.25, 0.3) is 0 Å². The summed E-state index contributed by atoms with van der Waals surface area (Å²) >= 11 is 0. The second kappa shape index (κ2) is 7.49. The number of ketones is 1. The Morgan fingerprint density at radius 3 is 2.04 bits per heavy atom. The van der Waals surface area contributed by atoms with Gasteiger partial charge in [0.15, 0.2) is 28.8 Å². The van der Waals surface area contributed by atoms with Crippen LogP contribution in [0.3, 0.4) is 0 Å². The summed E-state index contributed by atoms with van der Waals surface area (Å²) in [6.45, 7) is 0. The van der Waals surface area contributed by atoms with Gasteiger partial charge in [-0.1, -0.05) is 6.07 Å². The number of benzene rings is 2. The zero-order valence-corrected chi connectivity index (χ0v) is 15.7. The largest absolute Gasteiger partial charge is 0.493 e. The molecule has 0 N–H and O–H groups in total. The molecule has 2 aromatic rings. The summed E-state index contributed by atoms with van der Waals surface area (Å²) in [7, 11) is 7.55. The summed E-state index contributed by atoms with van der Waals surface area (Å²) in [5.41, 5.74) is 1.02. The molecule has 0 atom stereocenters. The zero-order chi connectivity index (χ0) is 19.6. The Morgan fingerprint density at radius 2 is 1.44 bits per heavy atom. The van der Waals surface area contributed by atoms with Gasteiger partial charge < -0.3 is 28.4 Å². The first-order valence-electron chi connectivity index (χ1n) is 8.07. The maximum Gasteiger partial charge on any atom is 0.235 e. The Morgan fingerprint density at radius 1 is 0.778 bits per heavy atom. The van der Waals surface area contributed by atoms with Crippen LogP contribution in [0.4, 0.5) is 0 Å². The predicted octanol–water partition coefficient (Wildman–Crippen LogP) is 3.35. The van der Waals surface area contributed by atoms with Crippen LogP contribution in [0.1, 0.15) is 15.9 Å². The van der Waals surface area contributed by atoms with Gasteiger partial charge in [0.1, 0.15) is 11.3 Å². The van der Waals surface area contributed by atoms with Crippen LogP contribution in [0.15, 0.2) is 30.0 Å². The fourth-order valence-electron chi connectivity index (χ4n) is 2.91. The lowest BCUT2D eigenvalue weighted by atomic mass is 10.1. The van der Waals surface area contributed by atoms with Crippen LogP contribution in [0.2, 0.25) is 0 Å². The lowest BCUT2D eigenvalue weighted by Gasteiger charge is -2.13. The third-order valence-corrected chi connectivity index (χ3v) is 4.17. The van der Waals surface area contributed by atoms with Crippen LogP contribution < -0.4 is 28.4 Å². The molecule has 0 saturated carbocycles. The highest BCUT2D eigenvalue weighted by atomic mass is 16.5. The molecule has 0 spiro atoms. The van der Waals surface area contributed by atoms with Gasteiger partial charge >= 0.3 is 0 Å². The average Bonchev–Trinajstić information content (AvgIpc) is 3.01. The van der Waals surface area contributed by atoms with Crippen molar-refractivity contribution in [2.75, 3.05) is 35.5 Å². The topological polar surface area (TPSA) is 72.5 Å². The number of hydrogen-bond acceptors (Lipinski definition) is 7. The van der Waals surface area contributed by atoms with Crippen LogP contribution in [0, 0.1) is 0 Å². The van der Waals surface area contributed by atoms with E-state index in [1.165, 1.54) is 21.3 Å². The second-order valence-corrected chi connectivity index (χ2v) is 5.57. The Hall–Kier alpha value is -3.35. The molecule has 1 heterocycles. The molecule has 0 amide bonds. The van der Waals surface area contributed by atoms with Crippen molar-refractivity contribution in [3.63, 3.8) is 0 Å². The minimum absolute atomic E-state index is 0.158. The van der Waals surface area contributed by atoms with Crippen molar-refractivity contribution < 1.29 is 33.2 Å². The minimum Gasteiger partial charge on any atom is -0.493 e. The van der Waals surface area contributed by atoms with Crippen molar-refractivity contribution in [2.24, 2.45) is 0 Å². The van der Waals surface area contributed by atoms with Gasteiger partial charge in [0.2, 0.25) is 11.5 Å². The number of ether oxygens (including phenoxy) is 6. The van der Waals surface area contributed by atoms with Gasteiger partial charge in [0.05, 0.1) is 35.5 Å². The van der Waals surface area contributed by atoms with E-state index in [-0.39, 0.29) is 17.3 Å². The summed E-state index contributed by atoms with van der Waals surface area (Å²) in [5, 5.41) is 0. The van der Waals surface area contributed by atoms with Crippen LogP contribution in [0.5, 0.6) is 34.5 Å². The molecule has 7 nitrogen and oxygen atoms in total. The molecule has 1 aliphatic rings. The van der Waals surface area contributed by atoms with Gasteiger partial charge in [-0.05, 0) is 23.8 Å². The fourth-order valence-corrected chi connectivity index (χ4v) is 2.91. The Kier molecular flexibility index (Phi) is 5.12. The van der Waals surface area contributed by atoms with Gasteiger partial charge in [-0.2, -0.15) is 0 Å². The van der Waals surface area contributed by atoms with E-state index in [0.29, 0.717) is 34.3 Å². The Labute approximate surface area is 157 Å². The second-order valence-electron chi connectivity index (χ2n) is 5.57. The Bertz CT molecular complexity index is 915. The SMILES string of the molecule is COc1ccc(/C=C2\Oc3cc(OC)c(OC)c(OC)c3C2=O)cc1OC. The van der Waals surface area contributed by atoms with Crippen molar-refractivity contribution >= 4 is 11.9 Å². The van der Waals surface area contributed by atoms with Gasteiger partial charge in [-0.3, -0.25) is 4.79 Å². The molecule has 7 heteroatoms. The number of hydrogen-bond donors (Lipinski definition) is 0. The van der Waals surface area contributed by atoms with Gasteiger partial charge in [-0.15, -0.1) is 0 Å². The van der Waals surface area contributed by atoms with E-state index in [2.05, 4.69) is 0 Å². The monoisotopic (exact) mass is 372 g/mol. The lowest BCUT2D eigenvalue weighted by molar-refractivity contribution is 0.101. The zero-order valence-electron chi connectivity index (χ0n) is 15.7. The molecule has 0 saturated heterocycles. The van der Waals surface area contributed by atoms with E-state index in [0.717, 1.165) is 5.56 Å². The molecule has 142 valence electrons. The summed E-state index contributed by atoms with van der Waals surface area (Å²) in [6, 6.07) is 6.91. The molecule has 3 rings (SSSR count). The lowest BCUT2D eigenvalue weighted by Crippen LogP contribution is -2.02. The highest BCUT2D eigenvalue weighted by Crippen LogP contribution is 2.49. The molecule has 0 aliphatic carbocycles. The van der Waals surface area contributed by atoms with Crippen molar-refractivity contribution in [2.45, 2.75) is 0 Å². The Balaban J connectivity index is 2.06. The molecule has 0 unspecified atom stereocenters. The van der Waals surface area contributed by atoms with Crippen molar-refractivity contribution in [1.29, 1.82) is 0 Å². The van der Waals surface area contributed by atoms with E-state index < -0.39 is 0 Å². The fraction of sp³-hybridized carbons (Fsp3) is 0.250. The minimum atomic E-state index is -0.308. The van der Waals surface area contributed by atoms with Gasteiger partial charge in [0, 0.05) is 6.07 Å². The van der Waals surface area contributed by atoms with Crippen LogP contribution in [-0.2, 0) is 0 Å². The first-order chi connectivity index (χ1) is 13.1. The highest BCUT2D eigenvalue weighted by Gasteiger charge is 2.35. The third kappa shape index (κ3) is 3.12. The molecular weight excluding hydrogens is 352 g/mol. The summed E-state index contributed by atoms with van der Waals surface area (Å²) in [6.07, 6.45) is 1.63. The van der Waals surface area contributed by atoms with Crippen molar-refractivity contribution in [3.05, 3.63) is 41.2 Å². The molecule has 0 radical (unpaired) electrons. The number of fused-ring (bicyclic) bond motifs is 1. The molecular formula is C20H20O7. The number of rotatable bonds is 6. The third-order valence-electron chi connectivity index (χ3n) is 4.17. The standard InChI is InChI=1S/C20H20O7/c1-22-12-7-6-11(8-13(12)23-2)9-15-18(21)17-14(27-15)10-16(24-3)19(25-4)20(17)26-5/h6-10H,1-5H3/b15-9-. The number of carbonyl (C=O) groups excluding carboxylic acids is 1. The number of Topliss-reactive ketones (excluding diaryl/α,β-unsaturated/α-hetero) is 1. The van der Waals surface area contributed by atoms with Crippen LogP contribution >= 0.6 is 0 Å². The number of methoxy groups -OCH3 is 5. The maximum atomic E-state index is 12.9. The summed E-state index contributed by atoms with van der Waals surface area (Å²) in [5.74, 6) is 2.36. The number of allylic oxidation sites excluding steroid dienone is 1. The van der Waals surface area contributed by atoms with E-state index in [1.807, 2.05) is 0 Å². The van der Waals surface area contributed by atoms with Gasteiger partial charge in [-0.25, -0.2) is 0 Å². The molecule has 27 heavy (non-hydrogen) atoms. The molecule has 2 aromatic carbocycles. The van der Waals surface area contributed by atoms with Crippen molar-refractivity contribution in [1.82, 2.24) is 0 Å². The number of carbonyl (C=O) groups is 1. The first-order valence-corrected chi connectivity index (χ1v) is 8.07. The first kappa shape index (κ1) is 18.4. The van der Waals surface area contributed by atoms with Crippen molar-refractivity contribution in [3.8, 4) is 34.5 Å².